The number of aryl methyl sites for hydroxylation is 1. The van der Waals surface area contributed by atoms with E-state index in [1.807, 2.05) is 59.4 Å². The maximum absolute atomic E-state index is 12.3. The molecule has 0 aliphatic carbocycles. The number of carbonyl (C=O) groups excluding carboxylic acids is 2. The van der Waals surface area contributed by atoms with E-state index in [4.69, 9.17) is 0 Å². The third-order valence-corrected chi connectivity index (χ3v) is 5.14. The molecule has 2 aromatic carbocycles. The number of nitrogens with one attached hydrogen (secondary N) is 2. The number of Topliss-reactive ketones (excluding diaryl/α,β-unsaturated/α-hetero) is 1. The second-order valence-electron chi connectivity index (χ2n) is 7.02. The minimum Gasteiger partial charge on any atom is -0.361 e. The van der Waals surface area contributed by atoms with Gasteiger partial charge in [0, 0.05) is 59.3 Å². The first-order valence-corrected chi connectivity index (χ1v) is 9.54. The summed E-state index contributed by atoms with van der Waals surface area (Å²) in [7, 11) is 0. The Bertz CT molecular complexity index is 1150. The lowest BCUT2D eigenvalue weighted by atomic mass is 10.1. The van der Waals surface area contributed by atoms with Gasteiger partial charge in [0.1, 0.15) is 0 Å². The van der Waals surface area contributed by atoms with Gasteiger partial charge in [0.15, 0.2) is 5.78 Å². The van der Waals surface area contributed by atoms with Gasteiger partial charge in [-0.2, -0.15) is 0 Å². The van der Waals surface area contributed by atoms with Crippen LogP contribution in [0, 0.1) is 0 Å². The Hall–Kier alpha value is -3.34. The summed E-state index contributed by atoms with van der Waals surface area (Å²) in [6.45, 7) is 2.72. The monoisotopic (exact) mass is 373 g/mol. The highest BCUT2D eigenvalue weighted by atomic mass is 16.1. The predicted octanol–water partition coefficient (Wildman–Crippen LogP) is 4.07. The summed E-state index contributed by atoms with van der Waals surface area (Å²) < 4.78 is 1.99. The zero-order chi connectivity index (χ0) is 19.5. The van der Waals surface area contributed by atoms with Crippen LogP contribution in [0.1, 0.15) is 29.3 Å². The lowest BCUT2D eigenvalue weighted by Gasteiger charge is -2.07. The van der Waals surface area contributed by atoms with Crippen molar-refractivity contribution in [3.05, 3.63) is 72.1 Å². The molecule has 0 saturated carbocycles. The van der Waals surface area contributed by atoms with Gasteiger partial charge in [-0.15, -0.1) is 0 Å². The number of hydrogen-bond acceptors (Lipinski definition) is 2. The Morgan fingerprint density at radius 3 is 2.61 bits per heavy atom. The van der Waals surface area contributed by atoms with E-state index in [0.29, 0.717) is 25.1 Å². The zero-order valence-corrected chi connectivity index (χ0v) is 15.9. The number of amides is 1. The Balaban J connectivity index is 1.35. The molecule has 1 amide bonds. The van der Waals surface area contributed by atoms with Crippen LogP contribution in [0.2, 0.25) is 0 Å². The van der Waals surface area contributed by atoms with Crippen LogP contribution >= 0.6 is 0 Å². The topological polar surface area (TPSA) is 66.9 Å². The van der Waals surface area contributed by atoms with E-state index >= 15 is 0 Å². The number of nitrogens with zero attached hydrogens (tertiary/aromatic N) is 1. The summed E-state index contributed by atoms with van der Waals surface area (Å²) in [5, 5.41) is 5.14. The highest BCUT2D eigenvalue weighted by Crippen LogP contribution is 2.22. The van der Waals surface area contributed by atoms with Gasteiger partial charge in [0.05, 0.1) is 0 Å². The fourth-order valence-electron chi connectivity index (χ4n) is 3.70. The number of benzene rings is 2. The molecule has 4 aromatic rings. The van der Waals surface area contributed by atoms with E-state index in [1.165, 1.54) is 10.9 Å². The number of hydrogen-bond donors (Lipinski definition) is 2. The highest BCUT2D eigenvalue weighted by molar-refractivity contribution is 6.07. The predicted molar refractivity (Wildman–Crippen MR) is 112 cm³/mol. The zero-order valence-electron chi connectivity index (χ0n) is 15.9. The van der Waals surface area contributed by atoms with E-state index in [1.54, 1.807) is 6.92 Å². The minimum atomic E-state index is 0.0157. The molecule has 0 spiro atoms. The van der Waals surface area contributed by atoms with Crippen LogP contribution in [0.5, 0.6) is 0 Å². The van der Waals surface area contributed by atoms with Crippen molar-refractivity contribution in [2.45, 2.75) is 26.3 Å². The second-order valence-corrected chi connectivity index (χ2v) is 7.02. The molecule has 142 valence electrons. The van der Waals surface area contributed by atoms with Gasteiger partial charge < -0.3 is 14.9 Å². The van der Waals surface area contributed by atoms with Crippen LogP contribution in [0.4, 0.5) is 0 Å². The first-order valence-electron chi connectivity index (χ1n) is 9.54. The number of aromatic nitrogens is 2. The minimum absolute atomic E-state index is 0.0157. The molecule has 2 aromatic heterocycles. The maximum atomic E-state index is 12.3. The molecule has 0 bridgehead atoms. The molecule has 0 saturated heterocycles. The van der Waals surface area contributed by atoms with Gasteiger partial charge in [-0.25, -0.2) is 0 Å². The molecule has 0 radical (unpaired) electrons. The van der Waals surface area contributed by atoms with Crippen molar-refractivity contribution in [3.8, 4) is 0 Å². The molecule has 28 heavy (non-hydrogen) atoms. The average Bonchev–Trinajstić information content (AvgIpc) is 3.28. The molecule has 0 aliphatic heterocycles. The van der Waals surface area contributed by atoms with Gasteiger partial charge in [0.25, 0.3) is 0 Å². The van der Waals surface area contributed by atoms with Crippen molar-refractivity contribution >= 4 is 33.5 Å². The van der Waals surface area contributed by atoms with Crippen molar-refractivity contribution in [1.82, 2.24) is 14.9 Å². The van der Waals surface area contributed by atoms with Crippen LogP contribution in [0.15, 0.2) is 60.9 Å². The number of rotatable bonds is 7. The SMILES string of the molecule is CC(=O)c1cn(CCC(=O)NCCc2c[nH]c3ccccc23)c2ccccc12. The van der Waals surface area contributed by atoms with E-state index in [2.05, 4.69) is 16.4 Å². The lowest BCUT2D eigenvalue weighted by molar-refractivity contribution is -0.121. The van der Waals surface area contributed by atoms with E-state index in [9.17, 15) is 9.59 Å². The number of fused-ring (bicyclic) bond motifs is 2. The Labute approximate surface area is 163 Å². The summed E-state index contributed by atoms with van der Waals surface area (Å²) in [5.41, 5.74) is 4.01. The third-order valence-electron chi connectivity index (χ3n) is 5.14. The van der Waals surface area contributed by atoms with E-state index in [-0.39, 0.29) is 11.7 Å². The molecule has 0 aliphatic rings. The molecule has 5 heteroatoms. The highest BCUT2D eigenvalue weighted by Gasteiger charge is 2.12. The van der Waals surface area contributed by atoms with Crippen molar-refractivity contribution in [3.63, 3.8) is 0 Å². The molecule has 2 N–H and O–H groups in total. The summed E-state index contributed by atoms with van der Waals surface area (Å²) in [4.78, 5) is 27.4. The van der Waals surface area contributed by atoms with Crippen molar-refractivity contribution in [2.24, 2.45) is 0 Å². The largest absolute Gasteiger partial charge is 0.361 e. The number of para-hydroxylation sites is 2. The van der Waals surface area contributed by atoms with Gasteiger partial charge in [-0.3, -0.25) is 9.59 Å². The van der Waals surface area contributed by atoms with Gasteiger partial charge in [0.2, 0.25) is 5.91 Å². The lowest BCUT2D eigenvalue weighted by Crippen LogP contribution is -2.26. The Morgan fingerprint density at radius 2 is 1.79 bits per heavy atom. The Kier molecular flexibility index (Phi) is 4.98. The second kappa shape index (κ2) is 7.72. The third kappa shape index (κ3) is 3.56. The van der Waals surface area contributed by atoms with Gasteiger partial charge in [-0.1, -0.05) is 36.4 Å². The molecular formula is C23H23N3O2. The Morgan fingerprint density at radius 1 is 1.04 bits per heavy atom. The van der Waals surface area contributed by atoms with Crippen LogP contribution in [0.25, 0.3) is 21.8 Å². The molecule has 0 unspecified atom stereocenters. The maximum Gasteiger partial charge on any atom is 0.221 e. The summed E-state index contributed by atoms with van der Waals surface area (Å²) in [6.07, 6.45) is 5.03. The number of aromatic amines is 1. The van der Waals surface area contributed by atoms with Crippen LogP contribution in [-0.2, 0) is 17.8 Å². The van der Waals surface area contributed by atoms with Crippen LogP contribution in [0.3, 0.4) is 0 Å². The normalized spacial score (nSPS) is 11.2. The first kappa shape index (κ1) is 18.0. The fraction of sp³-hybridized carbons (Fsp3) is 0.217. The van der Waals surface area contributed by atoms with Crippen molar-refractivity contribution in [2.75, 3.05) is 6.54 Å². The van der Waals surface area contributed by atoms with Crippen molar-refractivity contribution < 1.29 is 9.59 Å². The molecule has 4 rings (SSSR count). The standard InChI is InChI=1S/C23H23N3O2/c1-16(27)20-15-26(22-9-5-3-7-19(20)22)13-11-23(28)24-12-10-17-14-25-21-8-4-2-6-18(17)21/h2-9,14-15,25H,10-13H2,1H3,(H,24,28). The fourth-order valence-corrected chi connectivity index (χ4v) is 3.70. The first-order chi connectivity index (χ1) is 13.6. The quantitative estimate of drug-likeness (QED) is 0.480. The number of ketones is 1. The number of carbonyl (C=O) groups is 2. The van der Waals surface area contributed by atoms with Crippen molar-refractivity contribution in [1.29, 1.82) is 0 Å². The number of H-pyrrole nitrogens is 1. The van der Waals surface area contributed by atoms with Crippen LogP contribution in [-0.4, -0.2) is 27.8 Å². The molecule has 0 fully saturated rings. The smallest absolute Gasteiger partial charge is 0.221 e. The van der Waals surface area contributed by atoms with E-state index in [0.717, 1.165) is 22.8 Å². The van der Waals surface area contributed by atoms with E-state index < -0.39 is 0 Å². The summed E-state index contributed by atoms with van der Waals surface area (Å²) >= 11 is 0. The summed E-state index contributed by atoms with van der Waals surface area (Å²) in [6, 6.07) is 16.0. The molecule has 0 atom stereocenters. The summed E-state index contributed by atoms with van der Waals surface area (Å²) in [5.74, 6) is 0.0557. The molecule has 2 heterocycles. The molecular weight excluding hydrogens is 350 g/mol. The van der Waals surface area contributed by atoms with Gasteiger partial charge >= 0.3 is 0 Å². The molecule has 5 nitrogen and oxygen atoms in total. The average molecular weight is 373 g/mol. The van der Waals surface area contributed by atoms with Crippen LogP contribution < -0.4 is 5.32 Å². The van der Waals surface area contributed by atoms with Gasteiger partial charge in [-0.05, 0) is 31.0 Å².